The van der Waals surface area contributed by atoms with Gasteiger partial charge in [-0.25, -0.2) is 4.98 Å². The number of fused-ring (bicyclic) bond motifs is 1. The number of rotatable bonds is 6. The molecule has 0 atom stereocenters. The van der Waals surface area contributed by atoms with Crippen molar-refractivity contribution < 1.29 is 0 Å². The van der Waals surface area contributed by atoms with Gasteiger partial charge in [0, 0.05) is 58.8 Å². The van der Waals surface area contributed by atoms with Crippen LogP contribution in [-0.4, -0.2) is 56.1 Å². The molecular weight excluding hydrogens is 535 g/mol. The molecule has 6 nitrogen and oxygen atoms in total. The van der Waals surface area contributed by atoms with E-state index in [2.05, 4.69) is 76.0 Å². The van der Waals surface area contributed by atoms with Gasteiger partial charge >= 0.3 is 0 Å². The second-order valence-corrected chi connectivity index (χ2v) is 9.16. The van der Waals surface area contributed by atoms with E-state index in [1.165, 1.54) is 22.1 Å². The van der Waals surface area contributed by atoms with Crippen LogP contribution in [0, 0.1) is 6.92 Å². The number of nitrogens with one attached hydrogen (secondary N) is 2. The van der Waals surface area contributed by atoms with Gasteiger partial charge in [-0.15, -0.1) is 24.0 Å². The Morgan fingerprint density at radius 3 is 2.56 bits per heavy atom. The molecule has 0 aliphatic carbocycles. The van der Waals surface area contributed by atoms with Crippen LogP contribution in [-0.2, 0) is 13.1 Å². The predicted octanol–water partition coefficient (Wildman–Crippen LogP) is 4.56. The second kappa shape index (κ2) is 12.4. The zero-order chi connectivity index (χ0) is 23.2. The summed E-state index contributed by atoms with van der Waals surface area (Å²) in [6, 6.07) is 19.8. The number of pyridine rings is 1. The van der Waals surface area contributed by atoms with E-state index in [0.29, 0.717) is 12.6 Å². The van der Waals surface area contributed by atoms with Gasteiger partial charge in [-0.3, -0.25) is 9.89 Å². The van der Waals surface area contributed by atoms with Gasteiger partial charge in [0.15, 0.2) is 5.96 Å². The molecule has 1 fully saturated rings. The van der Waals surface area contributed by atoms with Gasteiger partial charge in [-0.05, 0) is 43.0 Å². The molecule has 34 heavy (non-hydrogen) atoms. The lowest BCUT2D eigenvalue weighted by Gasteiger charge is -2.33. The zero-order valence-corrected chi connectivity index (χ0v) is 23.0. The van der Waals surface area contributed by atoms with Crippen LogP contribution in [0.4, 0.5) is 5.82 Å². The lowest BCUT2D eigenvalue weighted by Crippen LogP contribution is -2.48. The molecule has 7 heteroatoms. The van der Waals surface area contributed by atoms with Crippen molar-refractivity contribution in [1.29, 1.82) is 0 Å². The molecule has 0 saturated carbocycles. The van der Waals surface area contributed by atoms with Crippen LogP contribution in [0.1, 0.15) is 29.5 Å². The highest BCUT2D eigenvalue weighted by Gasteiger charge is 2.20. The fourth-order valence-electron chi connectivity index (χ4n) is 4.48. The highest BCUT2D eigenvalue weighted by molar-refractivity contribution is 14.0. The normalized spacial score (nSPS) is 15.1. The Kier molecular flexibility index (Phi) is 9.53. The highest BCUT2D eigenvalue weighted by atomic mass is 127. The van der Waals surface area contributed by atoms with E-state index in [1.54, 1.807) is 0 Å². The summed E-state index contributed by atoms with van der Waals surface area (Å²) in [4.78, 5) is 13.9. The third kappa shape index (κ3) is 6.82. The molecule has 1 aliphatic rings. The molecule has 0 radical (unpaired) electrons. The van der Waals surface area contributed by atoms with E-state index in [1.807, 2.05) is 32.1 Å². The number of likely N-dealkylation sites (tertiary alicyclic amines) is 1. The van der Waals surface area contributed by atoms with Crippen molar-refractivity contribution >= 4 is 46.7 Å². The third-order valence-corrected chi connectivity index (χ3v) is 6.33. The minimum absolute atomic E-state index is 0. The van der Waals surface area contributed by atoms with Crippen molar-refractivity contribution in [2.24, 2.45) is 4.99 Å². The van der Waals surface area contributed by atoms with Crippen molar-refractivity contribution in [1.82, 2.24) is 20.5 Å². The van der Waals surface area contributed by atoms with Crippen molar-refractivity contribution in [2.45, 2.75) is 38.9 Å². The van der Waals surface area contributed by atoms with Crippen LogP contribution >= 0.6 is 24.0 Å². The number of guanidine groups is 1. The maximum Gasteiger partial charge on any atom is 0.191 e. The predicted molar refractivity (Wildman–Crippen MR) is 154 cm³/mol. The number of aromatic nitrogens is 1. The van der Waals surface area contributed by atoms with E-state index in [0.717, 1.165) is 49.8 Å². The number of piperidine rings is 1. The minimum Gasteiger partial charge on any atom is -0.363 e. The monoisotopic (exact) mass is 572 g/mol. The molecule has 3 aromatic rings. The number of nitrogens with zero attached hydrogens (tertiary/aromatic N) is 4. The van der Waals surface area contributed by atoms with Crippen LogP contribution in [0.15, 0.2) is 59.6 Å². The van der Waals surface area contributed by atoms with Gasteiger partial charge in [-0.2, -0.15) is 0 Å². The average Bonchev–Trinajstić information content (AvgIpc) is 2.82. The molecule has 2 N–H and O–H groups in total. The lowest BCUT2D eigenvalue weighted by molar-refractivity contribution is 0.198. The molecule has 1 aliphatic heterocycles. The standard InChI is InChI=1S/C27H36N6.HI/c1-20-8-7-9-21(16-20)19-33-14-12-23(13-15-33)30-27(28-2)29-18-22-17-26(32(3)4)31-25-11-6-5-10-24(22)25;/h5-11,16-17,23H,12-15,18-19H2,1-4H3,(H2,28,29,30);1H. The third-order valence-electron chi connectivity index (χ3n) is 6.33. The fraction of sp³-hybridized carbons (Fsp3) is 0.407. The Morgan fingerprint density at radius 2 is 1.85 bits per heavy atom. The number of aryl methyl sites for hydroxylation is 1. The van der Waals surface area contributed by atoms with Crippen LogP contribution in [0.2, 0.25) is 0 Å². The summed E-state index contributed by atoms with van der Waals surface area (Å²) in [5, 5.41) is 8.34. The molecule has 0 spiro atoms. The number of aliphatic imine (C=N–C) groups is 1. The lowest BCUT2D eigenvalue weighted by atomic mass is 10.0. The molecule has 0 unspecified atom stereocenters. The smallest absolute Gasteiger partial charge is 0.191 e. The molecule has 0 amide bonds. The fourth-order valence-corrected chi connectivity index (χ4v) is 4.48. The van der Waals surface area contributed by atoms with Crippen LogP contribution in [0.5, 0.6) is 0 Å². The van der Waals surface area contributed by atoms with Crippen molar-refractivity contribution in [3.63, 3.8) is 0 Å². The van der Waals surface area contributed by atoms with E-state index in [9.17, 15) is 0 Å². The number of benzene rings is 2. The largest absolute Gasteiger partial charge is 0.363 e. The second-order valence-electron chi connectivity index (χ2n) is 9.16. The van der Waals surface area contributed by atoms with Gasteiger partial charge < -0.3 is 15.5 Å². The summed E-state index contributed by atoms with van der Waals surface area (Å²) in [5.74, 6) is 1.83. The molecule has 2 aromatic carbocycles. The Morgan fingerprint density at radius 1 is 1.09 bits per heavy atom. The Hall–Kier alpha value is -2.39. The Bertz CT molecular complexity index is 1110. The van der Waals surface area contributed by atoms with E-state index in [-0.39, 0.29) is 24.0 Å². The number of para-hydroxylation sites is 1. The summed E-state index contributed by atoms with van der Waals surface area (Å²) in [6.07, 6.45) is 2.24. The zero-order valence-electron chi connectivity index (χ0n) is 20.7. The van der Waals surface area contributed by atoms with Gasteiger partial charge in [0.2, 0.25) is 0 Å². The molecule has 182 valence electrons. The first kappa shape index (κ1) is 26.2. The molecule has 1 saturated heterocycles. The number of hydrogen-bond acceptors (Lipinski definition) is 4. The van der Waals surface area contributed by atoms with E-state index < -0.39 is 0 Å². The summed E-state index contributed by atoms with van der Waals surface area (Å²) < 4.78 is 0. The molecule has 1 aromatic heterocycles. The average molecular weight is 573 g/mol. The highest BCUT2D eigenvalue weighted by Crippen LogP contribution is 2.22. The molecular formula is C27H37IN6. The van der Waals surface area contributed by atoms with Crippen molar-refractivity contribution in [3.05, 3.63) is 71.3 Å². The summed E-state index contributed by atoms with van der Waals surface area (Å²) in [5.41, 5.74) is 4.98. The topological polar surface area (TPSA) is 55.8 Å². The van der Waals surface area contributed by atoms with Crippen LogP contribution < -0.4 is 15.5 Å². The van der Waals surface area contributed by atoms with E-state index in [4.69, 9.17) is 4.98 Å². The molecule has 4 rings (SSSR count). The van der Waals surface area contributed by atoms with Gasteiger partial charge in [0.25, 0.3) is 0 Å². The van der Waals surface area contributed by atoms with Crippen molar-refractivity contribution in [3.8, 4) is 0 Å². The number of hydrogen-bond donors (Lipinski definition) is 2. The first-order valence-electron chi connectivity index (χ1n) is 11.8. The Labute approximate surface area is 220 Å². The van der Waals surface area contributed by atoms with Crippen LogP contribution in [0.3, 0.4) is 0 Å². The number of halogens is 1. The Balaban J connectivity index is 0.00000324. The first-order chi connectivity index (χ1) is 16.0. The maximum absolute atomic E-state index is 4.77. The summed E-state index contributed by atoms with van der Waals surface area (Å²) in [6.45, 7) is 6.10. The minimum atomic E-state index is 0. The SMILES string of the molecule is CN=C(NCc1cc(N(C)C)nc2ccccc12)NC1CCN(Cc2cccc(C)c2)CC1.I. The quantitative estimate of drug-likeness (QED) is 0.258. The van der Waals surface area contributed by atoms with Crippen LogP contribution in [0.25, 0.3) is 10.9 Å². The van der Waals surface area contributed by atoms with Gasteiger partial charge in [0.1, 0.15) is 5.82 Å². The summed E-state index contributed by atoms with van der Waals surface area (Å²) in [7, 11) is 5.90. The van der Waals surface area contributed by atoms with E-state index >= 15 is 0 Å². The molecule has 2 heterocycles. The first-order valence-corrected chi connectivity index (χ1v) is 11.8. The van der Waals surface area contributed by atoms with Gasteiger partial charge in [0.05, 0.1) is 5.52 Å². The maximum atomic E-state index is 4.77. The summed E-state index contributed by atoms with van der Waals surface area (Å²) >= 11 is 0. The van der Waals surface area contributed by atoms with Gasteiger partial charge in [-0.1, -0.05) is 48.0 Å². The van der Waals surface area contributed by atoms with Crippen molar-refractivity contribution in [2.75, 3.05) is 39.1 Å². The number of anilines is 1. The molecule has 0 bridgehead atoms.